The van der Waals surface area contributed by atoms with E-state index in [4.69, 9.17) is 4.74 Å². The van der Waals surface area contributed by atoms with E-state index in [2.05, 4.69) is 15.6 Å². The molecule has 5 nitrogen and oxygen atoms in total. The lowest BCUT2D eigenvalue weighted by Crippen LogP contribution is -2.33. The van der Waals surface area contributed by atoms with Gasteiger partial charge < -0.3 is 15.4 Å². The molecule has 1 amide bonds. The van der Waals surface area contributed by atoms with Gasteiger partial charge in [-0.3, -0.25) is 4.79 Å². The highest BCUT2D eigenvalue weighted by Gasteiger charge is 2.20. The third kappa shape index (κ3) is 3.80. The molecular weight excluding hydrogens is 290 g/mol. The molecule has 0 spiro atoms. The molecule has 2 aromatic rings. The summed E-state index contributed by atoms with van der Waals surface area (Å²) in [6.45, 7) is 0. The van der Waals surface area contributed by atoms with Gasteiger partial charge in [-0.05, 0) is 37.1 Å². The van der Waals surface area contributed by atoms with Gasteiger partial charge in [-0.2, -0.15) is 0 Å². The van der Waals surface area contributed by atoms with Crippen LogP contribution < -0.4 is 15.4 Å². The second kappa shape index (κ2) is 7.13. The number of carbonyl (C=O) groups is 1. The third-order valence-electron chi connectivity index (χ3n) is 4.08. The number of rotatable bonds is 5. The fourth-order valence-electron chi connectivity index (χ4n) is 2.86. The fraction of sp³-hybridized carbons (Fsp3) is 0.333. The fourth-order valence-corrected chi connectivity index (χ4v) is 2.86. The first kappa shape index (κ1) is 15.3. The Balaban J connectivity index is 1.78. The number of hydrogen-bond acceptors (Lipinski definition) is 4. The molecule has 0 atom stereocenters. The van der Waals surface area contributed by atoms with E-state index in [1.165, 1.54) is 12.8 Å². The second-order valence-corrected chi connectivity index (χ2v) is 5.71. The first-order valence-electron chi connectivity index (χ1n) is 7.93. The number of methoxy groups -OCH3 is 1. The Morgan fingerprint density at radius 1 is 1.22 bits per heavy atom. The molecule has 1 aromatic carbocycles. The molecule has 23 heavy (non-hydrogen) atoms. The van der Waals surface area contributed by atoms with Crippen LogP contribution in [0.1, 0.15) is 36.0 Å². The summed E-state index contributed by atoms with van der Waals surface area (Å²) in [6, 6.07) is 11.4. The topological polar surface area (TPSA) is 63.2 Å². The molecular formula is C18H21N3O2. The van der Waals surface area contributed by atoms with Gasteiger partial charge in [0, 0.05) is 24.0 Å². The summed E-state index contributed by atoms with van der Waals surface area (Å²) in [5.41, 5.74) is 1.39. The van der Waals surface area contributed by atoms with Crippen LogP contribution in [0, 0.1) is 0 Å². The van der Waals surface area contributed by atoms with Gasteiger partial charge in [0.1, 0.15) is 11.6 Å². The zero-order valence-electron chi connectivity index (χ0n) is 13.2. The number of aromatic nitrogens is 1. The van der Waals surface area contributed by atoms with Gasteiger partial charge in [0.05, 0.1) is 12.7 Å². The molecule has 0 radical (unpaired) electrons. The summed E-state index contributed by atoms with van der Waals surface area (Å²) in [7, 11) is 1.63. The minimum atomic E-state index is -0.0737. The molecule has 2 N–H and O–H groups in total. The third-order valence-corrected chi connectivity index (χ3v) is 4.08. The van der Waals surface area contributed by atoms with Gasteiger partial charge in [0.15, 0.2) is 0 Å². The number of anilines is 2. The monoisotopic (exact) mass is 311 g/mol. The predicted octanol–water partition coefficient (Wildman–Crippen LogP) is 3.51. The molecule has 0 aliphatic heterocycles. The van der Waals surface area contributed by atoms with Crippen molar-refractivity contribution < 1.29 is 9.53 Å². The maximum atomic E-state index is 12.5. The highest BCUT2D eigenvalue weighted by molar-refractivity contribution is 5.99. The lowest BCUT2D eigenvalue weighted by Gasteiger charge is -2.15. The van der Waals surface area contributed by atoms with Crippen LogP contribution in [-0.2, 0) is 0 Å². The van der Waals surface area contributed by atoms with E-state index < -0.39 is 0 Å². The smallest absolute Gasteiger partial charge is 0.255 e. The lowest BCUT2D eigenvalue weighted by atomic mass is 10.2. The molecule has 1 aromatic heterocycles. The summed E-state index contributed by atoms with van der Waals surface area (Å²) in [5, 5.41) is 6.30. The van der Waals surface area contributed by atoms with Crippen molar-refractivity contribution in [2.45, 2.75) is 31.7 Å². The van der Waals surface area contributed by atoms with E-state index in [0.717, 1.165) is 24.3 Å². The Morgan fingerprint density at radius 2 is 2.04 bits per heavy atom. The summed E-state index contributed by atoms with van der Waals surface area (Å²) in [4.78, 5) is 16.8. The molecule has 1 fully saturated rings. The number of pyridine rings is 1. The number of hydrogen-bond donors (Lipinski definition) is 2. The normalized spacial score (nSPS) is 14.5. The average molecular weight is 311 g/mol. The highest BCUT2D eigenvalue weighted by Crippen LogP contribution is 2.23. The first-order chi connectivity index (χ1) is 11.3. The number of nitrogens with one attached hydrogen (secondary N) is 2. The summed E-state index contributed by atoms with van der Waals surface area (Å²) in [5.74, 6) is 1.23. The Bertz CT molecular complexity index is 681. The molecule has 0 bridgehead atoms. The quantitative estimate of drug-likeness (QED) is 0.887. The van der Waals surface area contributed by atoms with Crippen LogP contribution in [0.15, 0.2) is 42.6 Å². The van der Waals surface area contributed by atoms with Crippen LogP contribution in [0.3, 0.4) is 0 Å². The van der Waals surface area contributed by atoms with Crippen molar-refractivity contribution >= 4 is 17.4 Å². The molecule has 0 unspecified atom stereocenters. The largest absolute Gasteiger partial charge is 0.497 e. The van der Waals surface area contributed by atoms with Crippen molar-refractivity contribution in [1.29, 1.82) is 0 Å². The van der Waals surface area contributed by atoms with Gasteiger partial charge in [0.2, 0.25) is 0 Å². The second-order valence-electron chi connectivity index (χ2n) is 5.71. The van der Waals surface area contributed by atoms with Crippen molar-refractivity contribution in [2.75, 3.05) is 12.4 Å². The number of carbonyl (C=O) groups excluding carboxylic acids is 1. The number of nitrogens with zero attached hydrogens (tertiary/aromatic N) is 1. The minimum absolute atomic E-state index is 0.0737. The predicted molar refractivity (Wildman–Crippen MR) is 90.2 cm³/mol. The van der Waals surface area contributed by atoms with Gasteiger partial charge >= 0.3 is 0 Å². The number of benzene rings is 1. The van der Waals surface area contributed by atoms with Gasteiger partial charge in [0.25, 0.3) is 5.91 Å². The maximum Gasteiger partial charge on any atom is 0.255 e. The van der Waals surface area contributed by atoms with E-state index in [0.29, 0.717) is 11.4 Å². The van der Waals surface area contributed by atoms with Crippen molar-refractivity contribution in [1.82, 2.24) is 10.3 Å². The maximum absolute atomic E-state index is 12.5. The molecule has 1 saturated carbocycles. The molecule has 1 heterocycles. The Labute approximate surface area is 136 Å². The van der Waals surface area contributed by atoms with E-state index in [1.54, 1.807) is 25.4 Å². The standard InChI is InChI=1S/C18H21N3O2/c1-23-15-9-4-8-14(12-15)20-17-16(10-5-11-19-17)18(22)21-13-6-2-3-7-13/h4-5,8-13H,2-3,6-7H2,1H3,(H,19,20)(H,21,22). The van der Waals surface area contributed by atoms with Gasteiger partial charge in [-0.1, -0.05) is 18.9 Å². The van der Waals surface area contributed by atoms with Crippen molar-refractivity contribution in [2.24, 2.45) is 0 Å². The van der Waals surface area contributed by atoms with Crippen LogP contribution in [0.5, 0.6) is 5.75 Å². The summed E-state index contributed by atoms with van der Waals surface area (Å²) in [6.07, 6.45) is 6.17. The Hall–Kier alpha value is -2.56. The summed E-state index contributed by atoms with van der Waals surface area (Å²) >= 11 is 0. The van der Waals surface area contributed by atoms with E-state index in [1.807, 2.05) is 24.3 Å². The van der Waals surface area contributed by atoms with E-state index >= 15 is 0 Å². The molecule has 1 aliphatic rings. The number of ether oxygens (including phenoxy) is 1. The van der Waals surface area contributed by atoms with Crippen LogP contribution in [-0.4, -0.2) is 24.0 Å². The molecule has 0 saturated heterocycles. The van der Waals surface area contributed by atoms with Crippen LogP contribution in [0.2, 0.25) is 0 Å². The van der Waals surface area contributed by atoms with Gasteiger partial charge in [-0.15, -0.1) is 0 Å². The van der Waals surface area contributed by atoms with Crippen molar-refractivity contribution in [3.8, 4) is 5.75 Å². The first-order valence-corrected chi connectivity index (χ1v) is 7.93. The Kier molecular flexibility index (Phi) is 4.76. The molecule has 5 heteroatoms. The van der Waals surface area contributed by atoms with Crippen molar-refractivity contribution in [3.63, 3.8) is 0 Å². The summed E-state index contributed by atoms with van der Waals surface area (Å²) < 4.78 is 5.22. The van der Waals surface area contributed by atoms with Crippen LogP contribution >= 0.6 is 0 Å². The number of amides is 1. The highest BCUT2D eigenvalue weighted by atomic mass is 16.5. The SMILES string of the molecule is COc1cccc(Nc2ncccc2C(=O)NC2CCCC2)c1. The van der Waals surface area contributed by atoms with Crippen LogP contribution in [0.25, 0.3) is 0 Å². The van der Waals surface area contributed by atoms with E-state index in [-0.39, 0.29) is 11.9 Å². The molecule has 120 valence electrons. The molecule has 1 aliphatic carbocycles. The van der Waals surface area contributed by atoms with Crippen LogP contribution in [0.4, 0.5) is 11.5 Å². The van der Waals surface area contributed by atoms with Crippen molar-refractivity contribution in [3.05, 3.63) is 48.2 Å². The zero-order valence-corrected chi connectivity index (χ0v) is 13.2. The Morgan fingerprint density at radius 3 is 2.83 bits per heavy atom. The lowest BCUT2D eigenvalue weighted by molar-refractivity contribution is 0.0938. The van der Waals surface area contributed by atoms with E-state index in [9.17, 15) is 4.79 Å². The minimum Gasteiger partial charge on any atom is -0.497 e. The molecule has 3 rings (SSSR count). The zero-order chi connectivity index (χ0) is 16.1. The average Bonchev–Trinajstić information content (AvgIpc) is 3.08. The van der Waals surface area contributed by atoms with Gasteiger partial charge in [-0.25, -0.2) is 4.98 Å².